The van der Waals surface area contributed by atoms with Gasteiger partial charge >= 0.3 is 0 Å². The Balaban J connectivity index is 1.65. The Hall–Kier alpha value is -1.91. The Morgan fingerprint density at radius 3 is 2.79 bits per heavy atom. The van der Waals surface area contributed by atoms with Gasteiger partial charge in [0.15, 0.2) is 0 Å². The third kappa shape index (κ3) is 4.56. The van der Waals surface area contributed by atoms with E-state index in [1.807, 2.05) is 18.5 Å². The summed E-state index contributed by atoms with van der Waals surface area (Å²) in [4.78, 5) is 6.80. The molecule has 128 valence electrons. The van der Waals surface area contributed by atoms with Crippen LogP contribution in [0.15, 0.2) is 48.8 Å². The summed E-state index contributed by atoms with van der Waals surface area (Å²) in [6, 6.07) is 13.1. The van der Waals surface area contributed by atoms with Crippen molar-refractivity contribution in [1.29, 1.82) is 0 Å². The predicted octanol–water partition coefficient (Wildman–Crippen LogP) is 3.26. The molecule has 1 atom stereocenters. The lowest BCUT2D eigenvalue weighted by molar-refractivity contribution is 0.153. The number of piperazine rings is 1. The first kappa shape index (κ1) is 16.9. The second-order valence-electron chi connectivity index (χ2n) is 6.83. The topological polar surface area (TPSA) is 37.4 Å². The number of rotatable bonds is 6. The molecule has 2 aromatic rings. The van der Waals surface area contributed by atoms with Gasteiger partial charge in [-0.25, -0.2) is 0 Å². The average Bonchev–Trinajstić information content (AvgIpc) is 2.62. The first-order valence-electron chi connectivity index (χ1n) is 8.79. The molecule has 0 bridgehead atoms. The van der Waals surface area contributed by atoms with Crippen LogP contribution in [-0.2, 0) is 6.54 Å². The Morgan fingerprint density at radius 1 is 1.25 bits per heavy atom. The number of nitrogens with zero attached hydrogens (tertiary/aromatic N) is 2. The molecule has 1 aliphatic heterocycles. The van der Waals surface area contributed by atoms with Crippen molar-refractivity contribution in [3.63, 3.8) is 0 Å². The summed E-state index contributed by atoms with van der Waals surface area (Å²) in [5.41, 5.74) is 2.60. The highest BCUT2D eigenvalue weighted by Gasteiger charge is 2.23. The van der Waals surface area contributed by atoms with Gasteiger partial charge in [0.1, 0.15) is 5.75 Å². The van der Waals surface area contributed by atoms with E-state index >= 15 is 0 Å². The molecule has 1 fully saturated rings. The van der Waals surface area contributed by atoms with Crippen molar-refractivity contribution < 1.29 is 4.74 Å². The van der Waals surface area contributed by atoms with Gasteiger partial charge in [-0.1, -0.05) is 32.0 Å². The molecular formula is C20H27N3O. The monoisotopic (exact) mass is 325 g/mol. The van der Waals surface area contributed by atoms with E-state index in [4.69, 9.17) is 4.74 Å². The number of hydrogen-bond acceptors (Lipinski definition) is 4. The van der Waals surface area contributed by atoms with Crippen LogP contribution < -0.4 is 10.1 Å². The van der Waals surface area contributed by atoms with Crippen LogP contribution in [0.4, 0.5) is 0 Å². The Morgan fingerprint density at radius 2 is 2.08 bits per heavy atom. The molecule has 1 aromatic carbocycles. The number of hydrogen-bond donors (Lipinski definition) is 1. The van der Waals surface area contributed by atoms with Gasteiger partial charge in [-0.3, -0.25) is 9.88 Å². The minimum atomic E-state index is 0.379. The molecule has 1 aromatic heterocycles. The molecule has 0 radical (unpaired) electrons. The highest BCUT2D eigenvalue weighted by atomic mass is 16.5. The molecular weight excluding hydrogens is 298 g/mol. The maximum atomic E-state index is 5.77. The lowest BCUT2D eigenvalue weighted by atomic mass is 10.0. The van der Waals surface area contributed by atoms with Crippen molar-refractivity contribution >= 4 is 0 Å². The molecule has 24 heavy (non-hydrogen) atoms. The highest BCUT2D eigenvalue weighted by Crippen LogP contribution is 2.24. The van der Waals surface area contributed by atoms with E-state index in [9.17, 15) is 0 Å². The molecule has 1 aliphatic rings. The summed E-state index contributed by atoms with van der Waals surface area (Å²) in [6.07, 6.45) is 3.81. The molecule has 1 saturated heterocycles. The lowest BCUT2D eigenvalue weighted by Crippen LogP contribution is -2.45. The molecule has 4 nitrogen and oxygen atoms in total. The fourth-order valence-corrected chi connectivity index (χ4v) is 3.03. The fraction of sp³-hybridized carbons (Fsp3) is 0.450. The Labute approximate surface area is 144 Å². The number of ether oxygens (including phenoxy) is 1. The highest BCUT2D eigenvalue weighted by molar-refractivity contribution is 5.27. The van der Waals surface area contributed by atoms with Gasteiger partial charge in [-0.2, -0.15) is 0 Å². The second kappa shape index (κ2) is 8.27. The third-order valence-corrected chi connectivity index (χ3v) is 4.32. The number of nitrogens with one attached hydrogen (secondary N) is 1. The molecule has 0 amide bonds. The zero-order valence-electron chi connectivity index (χ0n) is 14.6. The van der Waals surface area contributed by atoms with Gasteiger partial charge in [-0.05, 0) is 35.2 Å². The van der Waals surface area contributed by atoms with E-state index < -0.39 is 0 Å². The zero-order valence-corrected chi connectivity index (χ0v) is 14.6. The first-order chi connectivity index (χ1) is 11.7. The molecule has 4 heteroatoms. The Kier molecular flexibility index (Phi) is 5.83. The number of benzene rings is 1. The Bertz CT molecular complexity index is 613. The normalized spacial score (nSPS) is 18.7. The quantitative estimate of drug-likeness (QED) is 0.884. The summed E-state index contributed by atoms with van der Waals surface area (Å²) in [7, 11) is 0. The number of pyridine rings is 1. The number of aromatic nitrogens is 1. The summed E-state index contributed by atoms with van der Waals surface area (Å²) in [5.74, 6) is 1.50. The van der Waals surface area contributed by atoms with Crippen LogP contribution in [0.5, 0.6) is 5.75 Å². The smallest absolute Gasteiger partial charge is 0.119 e. The zero-order chi connectivity index (χ0) is 16.8. The maximum Gasteiger partial charge on any atom is 0.119 e. The lowest BCUT2D eigenvalue weighted by Gasteiger charge is -2.36. The molecule has 0 spiro atoms. The van der Waals surface area contributed by atoms with Crippen LogP contribution >= 0.6 is 0 Å². The van der Waals surface area contributed by atoms with E-state index in [0.29, 0.717) is 12.0 Å². The van der Waals surface area contributed by atoms with E-state index in [-0.39, 0.29) is 0 Å². The third-order valence-electron chi connectivity index (χ3n) is 4.32. The summed E-state index contributed by atoms with van der Waals surface area (Å²) >= 11 is 0. The minimum Gasteiger partial charge on any atom is -0.493 e. The maximum absolute atomic E-state index is 5.77. The van der Waals surface area contributed by atoms with Gasteiger partial charge in [0.25, 0.3) is 0 Å². The van der Waals surface area contributed by atoms with Crippen molar-refractivity contribution in [1.82, 2.24) is 15.2 Å². The summed E-state index contributed by atoms with van der Waals surface area (Å²) in [6.45, 7) is 9.10. The summed E-state index contributed by atoms with van der Waals surface area (Å²) < 4.78 is 5.77. The molecule has 0 aliphatic carbocycles. The molecule has 0 saturated carbocycles. The molecule has 3 rings (SSSR count). The van der Waals surface area contributed by atoms with Crippen LogP contribution in [-0.4, -0.2) is 36.1 Å². The van der Waals surface area contributed by atoms with Crippen LogP contribution in [0.2, 0.25) is 0 Å². The van der Waals surface area contributed by atoms with Crippen molar-refractivity contribution in [3.8, 4) is 5.75 Å². The van der Waals surface area contributed by atoms with E-state index in [2.05, 4.69) is 59.4 Å². The van der Waals surface area contributed by atoms with Crippen molar-refractivity contribution in [2.45, 2.75) is 26.4 Å². The van der Waals surface area contributed by atoms with Gasteiger partial charge in [0.2, 0.25) is 0 Å². The van der Waals surface area contributed by atoms with Crippen molar-refractivity contribution in [2.24, 2.45) is 5.92 Å². The van der Waals surface area contributed by atoms with E-state index in [0.717, 1.165) is 38.5 Å². The van der Waals surface area contributed by atoms with Crippen LogP contribution in [0.25, 0.3) is 0 Å². The first-order valence-corrected chi connectivity index (χ1v) is 8.79. The van der Waals surface area contributed by atoms with Crippen LogP contribution in [0.1, 0.15) is 31.0 Å². The molecule has 1 N–H and O–H groups in total. The summed E-state index contributed by atoms with van der Waals surface area (Å²) in [5, 5.41) is 3.50. The molecule has 1 unspecified atom stereocenters. The van der Waals surface area contributed by atoms with Crippen molar-refractivity contribution in [2.75, 3.05) is 26.2 Å². The van der Waals surface area contributed by atoms with E-state index in [1.54, 1.807) is 0 Å². The van der Waals surface area contributed by atoms with Crippen LogP contribution in [0.3, 0.4) is 0 Å². The minimum absolute atomic E-state index is 0.379. The van der Waals surface area contributed by atoms with Gasteiger partial charge in [0, 0.05) is 44.6 Å². The van der Waals surface area contributed by atoms with E-state index in [1.165, 1.54) is 11.1 Å². The van der Waals surface area contributed by atoms with Gasteiger partial charge < -0.3 is 10.1 Å². The van der Waals surface area contributed by atoms with Crippen molar-refractivity contribution in [3.05, 3.63) is 59.9 Å². The SMILES string of the molecule is CC(C)COc1ccc(CN2CCNCC2c2cccnc2)cc1. The molecule has 2 heterocycles. The predicted molar refractivity (Wildman–Crippen MR) is 97.0 cm³/mol. The van der Waals surface area contributed by atoms with Gasteiger partial charge in [0.05, 0.1) is 6.61 Å². The second-order valence-corrected chi connectivity index (χ2v) is 6.83. The fourth-order valence-electron chi connectivity index (χ4n) is 3.03. The average molecular weight is 325 g/mol. The van der Waals surface area contributed by atoms with Gasteiger partial charge in [-0.15, -0.1) is 0 Å². The standard InChI is InChI=1S/C20H27N3O/c1-16(2)15-24-19-7-5-17(6-8-19)14-23-11-10-22-13-20(23)18-4-3-9-21-12-18/h3-9,12,16,20,22H,10-11,13-15H2,1-2H3. The van der Waals surface area contributed by atoms with Crippen LogP contribution in [0, 0.1) is 5.92 Å². The largest absolute Gasteiger partial charge is 0.493 e.